The van der Waals surface area contributed by atoms with E-state index in [-0.39, 0.29) is 13.6 Å². The number of ether oxygens (including phenoxy) is 1. The molecule has 0 amide bonds. The van der Waals surface area contributed by atoms with Gasteiger partial charge in [-0.25, -0.2) is 0 Å². The minimum Gasteiger partial charge on any atom is -0.360 e. The number of hydrogen-bond donors (Lipinski definition) is 0. The van der Waals surface area contributed by atoms with E-state index >= 15 is 0 Å². The number of aromatic nitrogens is 2. The summed E-state index contributed by atoms with van der Waals surface area (Å²) < 4.78 is 20.4. The lowest BCUT2D eigenvalue weighted by atomic mass is 10.2. The van der Waals surface area contributed by atoms with Gasteiger partial charge in [-0.15, -0.1) is 0 Å². The molecule has 0 radical (unpaired) electrons. The van der Waals surface area contributed by atoms with E-state index in [1.807, 2.05) is 13.8 Å². The van der Waals surface area contributed by atoms with Gasteiger partial charge in [-0.3, -0.25) is 4.57 Å². The van der Waals surface area contributed by atoms with Gasteiger partial charge < -0.3 is 9.26 Å². The molecule has 5 nitrogen and oxygen atoms in total. The third-order valence-electron chi connectivity index (χ3n) is 1.53. The molecule has 0 aliphatic rings. The fourth-order valence-electron chi connectivity index (χ4n) is 0.806. The van der Waals surface area contributed by atoms with Gasteiger partial charge in [0.25, 0.3) is 5.89 Å². The van der Waals surface area contributed by atoms with Crippen LogP contribution >= 0.6 is 19.0 Å². The van der Waals surface area contributed by atoms with Crippen LogP contribution in [0.2, 0.25) is 0 Å². The maximum atomic E-state index is 10.4. The molecule has 1 aromatic rings. The zero-order chi connectivity index (χ0) is 10.6. The van der Waals surface area contributed by atoms with Crippen LogP contribution in [0.15, 0.2) is 4.52 Å². The van der Waals surface area contributed by atoms with E-state index in [2.05, 4.69) is 10.1 Å². The Morgan fingerprint density at radius 1 is 1.57 bits per heavy atom. The van der Waals surface area contributed by atoms with Crippen molar-refractivity contribution < 1.29 is 13.8 Å². The van der Waals surface area contributed by atoms with E-state index in [0.29, 0.717) is 11.7 Å². The summed E-state index contributed by atoms with van der Waals surface area (Å²) >= 11 is 1.05. The summed E-state index contributed by atoms with van der Waals surface area (Å²) in [7, 11) is 1.43. The summed E-state index contributed by atoms with van der Waals surface area (Å²) in [5, 5.41) is 3.78. The highest BCUT2D eigenvalue weighted by atomic mass is 32.7. The Morgan fingerprint density at radius 2 is 2.29 bits per heavy atom. The van der Waals surface area contributed by atoms with Crippen molar-refractivity contribution in [3.63, 3.8) is 0 Å². The van der Waals surface area contributed by atoms with Gasteiger partial charge in [0.15, 0.2) is 11.3 Å². The third kappa shape index (κ3) is 2.77. The van der Waals surface area contributed by atoms with Gasteiger partial charge in [0.2, 0.25) is 7.66 Å². The maximum absolute atomic E-state index is 10.4. The molecule has 0 N–H and O–H groups in total. The molecule has 14 heavy (non-hydrogen) atoms. The maximum Gasteiger partial charge on any atom is 0.267 e. The second-order valence-electron chi connectivity index (χ2n) is 2.89. The Bertz CT molecular complexity index is 305. The van der Waals surface area contributed by atoms with E-state index in [9.17, 15) is 4.57 Å². The Hall–Kier alpha value is -0.450. The highest BCUT2D eigenvalue weighted by Crippen LogP contribution is 2.36. The highest BCUT2D eigenvalue weighted by molar-refractivity contribution is 8.45. The molecule has 1 rings (SSSR count). The van der Waals surface area contributed by atoms with Gasteiger partial charge in [-0.1, -0.05) is 19.0 Å². The fourth-order valence-corrected chi connectivity index (χ4v) is 1.92. The van der Waals surface area contributed by atoms with E-state index in [0.717, 1.165) is 11.4 Å². The van der Waals surface area contributed by atoms with Crippen LogP contribution in [0.5, 0.6) is 0 Å². The van der Waals surface area contributed by atoms with Crippen LogP contribution in [0.25, 0.3) is 0 Å². The lowest BCUT2D eigenvalue weighted by Gasteiger charge is -2.03. The summed E-state index contributed by atoms with van der Waals surface area (Å²) in [4.78, 5) is 4.13. The second-order valence-corrected chi connectivity index (χ2v) is 4.76. The van der Waals surface area contributed by atoms with Crippen LogP contribution in [-0.4, -0.2) is 17.3 Å². The second kappa shape index (κ2) is 5.44. The average Bonchev–Trinajstić information content (AvgIpc) is 2.63. The largest absolute Gasteiger partial charge is 0.360 e. The summed E-state index contributed by atoms with van der Waals surface area (Å²) in [6.07, 6.45) is 0. The van der Waals surface area contributed by atoms with E-state index < -0.39 is 5.44 Å². The van der Waals surface area contributed by atoms with E-state index in [1.54, 1.807) is 0 Å². The quantitative estimate of drug-likeness (QED) is 0.576. The Morgan fingerprint density at radius 3 is 2.71 bits per heavy atom. The van der Waals surface area contributed by atoms with Gasteiger partial charge in [0.1, 0.15) is 0 Å². The van der Waals surface area contributed by atoms with Crippen molar-refractivity contribution in [3.8, 4) is 0 Å². The minimum absolute atomic E-state index is 0.0756. The predicted octanol–water partition coefficient (Wildman–Crippen LogP) is 2.78. The van der Waals surface area contributed by atoms with Crippen molar-refractivity contribution in [2.75, 3.05) is 7.11 Å². The van der Waals surface area contributed by atoms with E-state index in [4.69, 9.17) is 9.26 Å². The lowest BCUT2D eigenvalue weighted by Crippen LogP contribution is -1.96. The molecule has 0 saturated carbocycles. The number of methoxy groups -OCH3 is 1. The Kier molecular flexibility index (Phi) is 4.51. The molecule has 0 aliphatic heterocycles. The van der Waals surface area contributed by atoms with Crippen molar-refractivity contribution in [1.82, 2.24) is 10.1 Å². The van der Waals surface area contributed by atoms with Crippen LogP contribution in [0, 0.1) is 0 Å². The zero-order valence-corrected chi connectivity index (χ0v) is 9.84. The first kappa shape index (κ1) is 11.6. The van der Waals surface area contributed by atoms with E-state index in [1.165, 1.54) is 7.11 Å². The van der Waals surface area contributed by atoms with Crippen LogP contribution in [0.1, 0.15) is 36.9 Å². The lowest BCUT2D eigenvalue weighted by molar-refractivity contribution is 0.143. The van der Waals surface area contributed by atoms with Gasteiger partial charge in [-0.05, 0) is 11.4 Å². The van der Waals surface area contributed by atoms with Crippen molar-refractivity contribution in [1.29, 1.82) is 0 Å². The van der Waals surface area contributed by atoms with Crippen molar-refractivity contribution in [3.05, 3.63) is 11.7 Å². The standard InChI is InChI=1S/C7H11N2O3PS/c1-4(2)5-8-6(12-9-5)7(11-3)14-13-10/h4,7H,1-3H3. The molecule has 1 atom stereocenters. The molecule has 78 valence electrons. The molecule has 0 saturated heterocycles. The van der Waals surface area contributed by atoms with Crippen LogP contribution in [0.4, 0.5) is 0 Å². The molecule has 0 bridgehead atoms. The van der Waals surface area contributed by atoms with Gasteiger partial charge >= 0.3 is 0 Å². The summed E-state index contributed by atoms with van der Waals surface area (Å²) in [6, 6.07) is 0. The number of hydrogen-bond acceptors (Lipinski definition) is 6. The first-order valence-electron chi connectivity index (χ1n) is 4.03. The smallest absolute Gasteiger partial charge is 0.267 e. The molecule has 1 heterocycles. The van der Waals surface area contributed by atoms with Crippen molar-refractivity contribution >= 4 is 19.0 Å². The highest BCUT2D eigenvalue weighted by Gasteiger charge is 2.20. The summed E-state index contributed by atoms with van der Waals surface area (Å²) in [5.74, 6) is 1.19. The van der Waals surface area contributed by atoms with Crippen molar-refractivity contribution in [2.45, 2.75) is 25.2 Å². The fraction of sp³-hybridized carbons (Fsp3) is 0.714. The number of nitrogens with zero attached hydrogens (tertiary/aromatic N) is 2. The predicted molar refractivity (Wildman–Crippen MR) is 53.3 cm³/mol. The minimum atomic E-state index is -0.464. The SMILES string of the molecule is COC(SP=O)c1nc(C(C)C)no1. The van der Waals surface area contributed by atoms with Gasteiger partial charge in [-0.2, -0.15) is 4.98 Å². The molecule has 0 aliphatic carbocycles. The molecule has 1 aromatic heterocycles. The van der Waals surface area contributed by atoms with Crippen molar-refractivity contribution in [2.24, 2.45) is 0 Å². The summed E-state index contributed by atoms with van der Waals surface area (Å²) in [5.41, 5.74) is -0.464. The zero-order valence-electron chi connectivity index (χ0n) is 8.13. The molecule has 7 heteroatoms. The van der Waals surface area contributed by atoms with Gasteiger partial charge in [0.05, 0.1) is 0 Å². The number of rotatable bonds is 5. The third-order valence-corrected chi connectivity index (χ3v) is 3.03. The monoisotopic (exact) mass is 234 g/mol. The average molecular weight is 234 g/mol. The molecular formula is C7H11N2O3PS. The van der Waals surface area contributed by atoms with Crippen LogP contribution in [0.3, 0.4) is 0 Å². The Labute approximate surface area is 87.5 Å². The van der Waals surface area contributed by atoms with Crippen LogP contribution < -0.4 is 0 Å². The molecule has 0 fully saturated rings. The molecular weight excluding hydrogens is 223 g/mol. The summed E-state index contributed by atoms with van der Waals surface area (Å²) in [6.45, 7) is 3.94. The molecule has 0 spiro atoms. The van der Waals surface area contributed by atoms with Crippen LogP contribution in [-0.2, 0) is 9.30 Å². The normalized spacial score (nSPS) is 13.7. The molecule has 0 aromatic carbocycles. The topological polar surface area (TPSA) is 65.2 Å². The Balaban J connectivity index is 2.77. The van der Waals surface area contributed by atoms with Gasteiger partial charge in [0, 0.05) is 13.0 Å². The first-order chi connectivity index (χ1) is 6.69. The first-order valence-corrected chi connectivity index (χ1v) is 6.33. The molecule has 1 unspecified atom stereocenters.